The second kappa shape index (κ2) is 8.70. The van der Waals surface area contributed by atoms with E-state index in [0.29, 0.717) is 0 Å². The van der Waals surface area contributed by atoms with Gasteiger partial charge in [0, 0.05) is 6.07 Å². The highest BCUT2D eigenvalue weighted by molar-refractivity contribution is 6.39. The molecule has 0 saturated carbocycles. The third-order valence-corrected chi connectivity index (χ3v) is 4.10. The first-order valence-corrected chi connectivity index (χ1v) is 8.28. The number of nitrogens with zero attached hydrogens (tertiary/aromatic N) is 1. The van der Waals surface area contributed by atoms with Crippen molar-refractivity contribution in [3.63, 3.8) is 0 Å². The zero-order valence-corrected chi connectivity index (χ0v) is 15.7. The number of nitro groups is 1. The SMILES string of the molecule is COc1cc([N+](=O)[O-])ccc1NC(=O)[C@H](C)OC(=O)c1c(Cl)cccc1Cl. The number of methoxy groups -OCH3 is 1. The number of nitro benzene ring substituents is 1. The summed E-state index contributed by atoms with van der Waals surface area (Å²) in [7, 11) is 1.30. The van der Waals surface area contributed by atoms with Crippen LogP contribution in [-0.4, -0.2) is 30.0 Å². The van der Waals surface area contributed by atoms with Crippen molar-refractivity contribution < 1.29 is 24.0 Å². The van der Waals surface area contributed by atoms with Gasteiger partial charge in [0.25, 0.3) is 11.6 Å². The minimum Gasteiger partial charge on any atom is -0.494 e. The molecule has 0 aliphatic heterocycles. The molecule has 0 aromatic heterocycles. The van der Waals surface area contributed by atoms with Crippen LogP contribution in [-0.2, 0) is 9.53 Å². The Kier molecular flexibility index (Phi) is 6.59. The van der Waals surface area contributed by atoms with Crippen LogP contribution in [0.25, 0.3) is 0 Å². The van der Waals surface area contributed by atoms with E-state index in [4.69, 9.17) is 32.7 Å². The number of carbonyl (C=O) groups excluding carboxylic acids is 2. The number of esters is 1. The van der Waals surface area contributed by atoms with Crippen molar-refractivity contribution in [2.75, 3.05) is 12.4 Å². The van der Waals surface area contributed by atoms with Gasteiger partial charge in [0.2, 0.25) is 0 Å². The van der Waals surface area contributed by atoms with Crippen molar-refractivity contribution >= 4 is 46.5 Å². The lowest BCUT2D eigenvalue weighted by molar-refractivity contribution is -0.384. The van der Waals surface area contributed by atoms with Crippen LogP contribution < -0.4 is 10.1 Å². The van der Waals surface area contributed by atoms with E-state index in [2.05, 4.69) is 5.32 Å². The molecule has 10 heteroatoms. The normalized spacial score (nSPS) is 11.4. The molecule has 1 N–H and O–H groups in total. The van der Waals surface area contributed by atoms with Gasteiger partial charge < -0.3 is 14.8 Å². The number of rotatable bonds is 6. The van der Waals surface area contributed by atoms with Gasteiger partial charge in [0.1, 0.15) is 5.75 Å². The van der Waals surface area contributed by atoms with Gasteiger partial charge in [0.15, 0.2) is 6.10 Å². The van der Waals surface area contributed by atoms with E-state index >= 15 is 0 Å². The standard InChI is InChI=1S/C17H14Cl2N2O6/c1-9(27-17(23)15-11(18)4-3-5-12(15)19)16(22)20-13-7-6-10(21(24)25)8-14(13)26-2/h3-9H,1-2H3,(H,20,22)/t9-/m0/s1. The van der Waals surface area contributed by atoms with Crippen molar-refractivity contribution in [2.45, 2.75) is 13.0 Å². The van der Waals surface area contributed by atoms with E-state index in [1.54, 1.807) is 6.07 Å². The van der Waals surface area contributed by atoms with E-state index in [-0.39, 0.29) is 32.7 Å². The molecule has 1 amide bonds. The lowest BCUT2D eigenvalue weighted by atomic mass is 10.2. The Bertz CT molecular complexity index is 883. The molecule has 2 rings (SSSR count). The number of amides is 1. The second-order valence-corrected chi connectivity index (χ2v) is 6.09. The average Bonchev–Trinajstić information content (AvgIpc) is 2.61. The van der Waals surface area contributed by atoms with Crippen LogP contribution in [0.5, 0.6) is 5.75 Å². The van der Waals surface area contributed by atoms with Crippen LogP contribution in [0.4, 0.5) is 11.4 Å². The van der Waals surface area contributed by atoms with Crippen molar-refractivity contribution in [3.05, 3.63) is 62.1 Å². The zero-order chi connectivity index (χ0) is 20.1. The van der Waals surface area contributed by atoms with Gasteiger partial charge >= 0.3 is 5.97 Å². The molecule has 0 spiro atoms. The summed E-state index contributed by atoms with van der Waals surface area (Å²) in [4.78, 5) is 34.7. The van der Waals surface area contributed by atoms with Crippen molar-refractivity contribution in [1.29, 1.82) is 0 Å². The lowest BCUT2D eigenvalue weighted by Crippen LogP contribution is -2.30. The van der Waals surface area contributed by atoms with Gasteiger partial charge in [-0.05, 0) is 25.1 Å². The smallest absolute Gasteiger partial charge is 0.341 e. The highest BCUT2D eigenvalue weighted by atomic mass is 35.5. The maximum absolute atomic E-state index is 12.3. The summed E-state index contributed by atoms with van der Waals surface area (Å²) in [6.07, 6.45) is -1.19. The fourth-order valence-electron chi connectivity index (χ4n) is 2.10. The van der Waals surface area contributed by atoms with Crippen LogP contribution in [0.15, 0.2) is 36.4 Å². The quantitative estimate of drug-likeness (QED) is 0.434. The first-order valence-electron chi connectivity index (χ1n) is 7.53. The Morgan fingerprint density at radius 3 is 2.37 bits per heavy atom. The highest BCUT2D eigenvalue weighted by Gasteiger charge is 2.23. The first kappa shape index (κ1) is 20.5. The Morgan fingerprint density at radius 1 is 1.19 bits per heavy atom. The maximum atomic E-state index is 12.3. The largest absolute Gasteiger partial charge is 0.494 e. The maximum Gasteiger partial charge on any atom is 0.341 e. The van der Waals surface area contributed by atoms with Gasteiger partial charge in [0.05, 0.1) is 39.4 Å². The fourth-order valence-corrected chi connectivity index (χ4v) is 2.65. The molecular formula is C17H14Cl2N2O6. The predicted molar refractivity (Wildman–Crippen MR) is 99.6 cm³/mol. The molecular weight excluding hydrogens is 399 g/mol. The number of ether oxygens (including phenoxy) is 2. The van der Waals surface area contributed by atoms with Crippen LogP contribution >= 0.6 is 23.2 Å². The number of non-ortho nitro benzene ring substituents is 1. The molecule has 0 fully saturated rings. The number of carbonyl (C=O) groups is 2. The number of hydrogen-bond acceptors (Lipinski definition) is 6. The van der Waals surface area contributed by atoms with E-state index in [0.717, 1.165) is 6.07 Å². The fraction of sp³-hybridized carbons (Fsp3) is 0.176. The highest BCUT2D eigenvalue weighted by Crippen LogP contribution is 2.29. The monoisotopic (exact) mass is 412 g/mol. The van der Waals surface area contributed by atoms with Crippen LogP contribution in [0.2, 0.25) is 10.0 Å². The zero-order valence-electron chi connectivity index (χ0n) is 14.2. The lowest BCUT2D eigenvalue weighted by Gasteiger charge is -2.16. The molecule has 0 unspecified atom stereocenters. The van der Waals surface area contributed by atoms with E-state index < -0.39 is 22.9 Å². The Labute approximate surface area is 164 Å². The summed E-state index contributed by atoms with van der Waals surface area (Å²) >= 11 is 11.9. The molecule has 0 heterocycles. The van der Waals surface area contributed by atoms with Gasteiger partial charge in [-0.25, -0.2) is 4.79 Å². The summed E-state index contributed by atoms with van der Waals surface area (Å²) < 4.78 is 10.1. The summed E-state index contributed by atoms with van der Waals surface area (Å²) in [5.41, 5.74) is -0.0575. The Morgan fingerprint density at radius 2 is 1.81 bits per heavy atom. The van der Waals surface area contributed by atoms with Gasteiger partial charge in [-0.1, -0.05) is 29.3 Å². The van der Waals surface area contributed by atoms with Gasteiger partial charge in [-0.3, -0.25) is 14.9 Å². The van der Waals surface area contributed by atoms with Crippen molar-refractivity contribution in [3.8, 4) is 5.75 Å². The molecule has 1 atom stereocenters. The number of benzene rings is 2. The first-order chi connectivity index (χ1) is 12.7. The molecule has 8 nitrogen and oxygen atoms in total. The molecule has 0 aliphatic carbocycles. The van der Waals surface area contributed by atoms with E-state index in [1.807, 2.05) is 0 Å². The number of anilines is 1. The topological polar surface area (TPSA) is 108 Å². The Hall–Kier alpha value is -2.84. The van der Waals surface area contributed by atoms with Crippen LogP contribution in [0, 0.1) is 10.1 Å². The summed E-state index contributed by atoms with van der Waals surface area (Å²) in [6, 6.07) is 8.19. The van der Waals surface area contributed by atoms with Crippen LogP contribution in [0.1, 0.15) is 17.3 Å². The van der Waals surface area contributed by atoms with Crippen molar-refractivity contribution in [1.82, 2.24) is 0 Å². The summed E-state index contributed by atoms with van der Waals surface area (Å²) in [6.45, 7) is 1.36. The second-order valence-electron chi connectivity index (χ2n) is 5.28. The minimum atomic E-state index is -1.19. The van der Waals surface area contributed by atoms with Crippen molar-refractivity contribution in [2.24, 2.45) is 0 Å². The van der Waals surface area contributed by atoms with Crippen LogP contribution in [0.3, 0.4) is 0 Å². The van der Waals surface area contributed by atoms with E-state index in [9.17, 15) is 19.7 Å². The van der Waals surface area contributed by atoms with Gasteiger partial charge in [-0.15, -0.1) is 0 Å². The third kappa shape index (κ3) is 4.87. The molecule has 0 bridgehead atoms. The molecule has 142 valence electrons. The number of halogens is 2. The van der Waals surface area contributed by atoms with Gasteiger partial charge in [-0.2, -0.15) is 0 Å². The Balaban J connectivity index is 2.12. The predicted octanol–water partition coefficient (Wildman–Crippen LogP) is 4.09. The molecule has 0 saturated heterocycles. The summed E-state index contributed by atoms with van der Waals surface area (Å²) in [5, 5.41) is 13.5. The number of nitrogens with one attached hydrogen (secondary N) is 1. The summed E-state index contributed by atoms with van der Waals surface area (Å²) in [5.74, 6) is -1.44. The molecule has 0 aliphatic rings. The third-order valence-electron chi connectivity index (χ3n) is 3.47. The molecule has 0 radical (unpaired) electrons. The molecule has 27 heavy (non-hydrogen) atoms. The molecule has 2 aromatic carbocycles. The minimum absolute atomic E-state index is 0.0478. The molecule has 2 aromatic rings. The average molecular weight is 413 g/mol. The number of hydrogen-bond donors (Lipinski definition) is 1. The van der Waals surface area contributed by atoms with E-state index in [1.165, 1.54) is 38.3 Å².